The lowest BCUT2D eigenvalue weighted by molar-refractivity contribution is 0.0951. The molecule has 0 radical (unpaired) electrons. The number of amides is 1. The van der Waals surface area contributed by atoms with Crippen molar-refractivity contribution in [1.82, 2.24) is 5.32 Å². The summed E-state index contributed by atoms with van der Waals surface area (Å²) in [6.45, 7) is 6.43. The van der Waals surface area contributed by atoms with Crippen molar-refractivity contribution in [3.05, 3.63) is 86.9 Å². The van der Waals surface area contributed by atoms with E-state index in [1.165, 1.54) is 35.4 Å². The molecule has 0 bridgehead atoms. The highest BCUT2D eigenvalue weighted by Crippen LogP contribution is 2.39. The van der Waals surface area contributed by atoms with E-state index in [1.54, 1.807) is 12.1 Å². The van der Waals surface area contributed by atoms with E-state index >= 15 is 0 Å². The minimum atomic E-state index is -3.33. The number of carbonyl (C=O) groups excluding carboxylic acids is 1. The molecule has 1 amide bonds. The number of hydrogen-bond acceptors (Lipinski definition) is 4. The van der Waals surface area contributed by atoms with Gasteiger partial charge in [-0.2, -0.15) is 0 Å². The van der Waals surface area contributed by atoms with Crippen LogP contribution in [0.2, 0.25) is 10.0 Å². The average Bonchev–Trinajstić information content (AvgIpc) is 2.76. The molecule has 0 fully saturated rings. The maximum absolute atomic E-state index is 12.5. The number of nitrogens with one attached hydrogen (secondary N) is 1. The highest BCUT2D eigenvalue weighted by Gasteiger charge is 2.16. The minimum Gasteiger partial charge on any atom is -0.454 e. The summed E-state index contributed by atoms with van der Waals surface area (Å²) < 4.78 is 29.2. The Morgan fingerprint density at radius 2 is 1.70 bits per heavy atom. The standard InChI is InChI=1S/C25H25Cl2NO4S/c1-15(2)21-13-19(9-5-16(21)3)32-24-22(26)12-8-18(23(24)27)14-28-25(29)17-6-10-20(11-7-17)33(4,30)31/h5-13,15H,14H2,1-4H3,(H,28,29). The maximum atomic E-state index is 12.5. The molecular weight excluding hydrogens is 481 g/mol. The van der Waals surface area contributed by atoms with E-state index < -0.39 is 9.84 Å². The van der Waals surface area contributed by atoms with Crippen molar-refractivity contribution < 1.29 is 17.9 Å². The Hall–Kier alpha value is -2.54. The second kappa shape index (κ2) is 10.2. The molecule has 0 saturated carbocycles. The molecule has 1 N–H and O–H groups in total. The molecule has 0 heterocycles. The monoisotopic (exact) mass is 505 g/mol. The van der Waals surface area contributed by atoms with Crippen molar-refractivity contribution in [2.75, 3.05) is 6.26 Å². The Kier molecular flexibility index (Phi) is 7.73. The van der Waals surface area contributed by atoms with Crippen LogP contribution in [0.3, 0.4) is 0 Å². The summed E-state index contributed by atoms with van der Waals surface area (Å²) >= 11 is 12.9. The lowest BCUT2D eigenvalue weighted by Crippen LogP contribution is -2.23. The average molecular weight is 506 g/mol. The van der Waals surface area contributed by atoms with Crippen LogP contribution < -0.4 is 10.1 Å². The molecule has 0 aromatic heterocycles. The Morgan fingerprint density at radius 1 is 1.03 bits per heavy atom. The van der Waals surface area contributed by atoms with Gasteiger partial charge in [0, 0.05) is 18.4 Å². The lowest BCUT2D eigenvalue weighted by atomic mass is 9.98. The van der Waals surface area contributed by atoms with E-state index in [2.05, 4.69) is 26.1 Å². The first kappa shape index (κ1) is 25.1. The summed E-state index contributed by atoms with van der Waals surface area (Å²) in [6.07, 6.45) is 1.12. The van der Waals surface area contributed by atoms with Crippen LogP contribution in [-0.4, -0.2) is 20.6 Å². The highest BCUT2D eigenvalue weighted by atomic mass is 35.5. The fourth-order valence-corrected chi connectivity index (χ4v) is 4.50. The van der Waals surface area contributed by atoms with Crippen molar-refractivity contribution >= 4 is 38.9 Å². The van der Waals surface area contributed by atoms with E-state index in [-0.39, 0.29) is 17.3 Å². The van der Waals surface area contributed by atoms with E-state index in [1.807, 2.05) is 18.2 Å². The van der Waals surface area contributed by atoms with Gasteiger partial charge in [-0.3, -0.25) is 4.79 Å². The largest absolute Gasteiger partial charge is 0.454 e. The van der Waals surface area contributed by atoms with Gasteiger partial charge in [0.15, 0.2) is 15.6 Å². The molecule has 174 valence electrons. The number of rotatable bonds is 7. The van der Waals surface area contributed by atoms with Crippen molar-refractivity contribution in [2.24, 2.45) is 0 Å². The second-order valence-corrected chi connectivity index (χ2v) is 10.9. The summed E-state index contributed by atoms with van der Waals surface area (Å²) in [6, 6.07) is 15.0. The first-order valence-electron chi connectivity index (χ1n) is 10.3. The first-order chi connectivity index (χ1) is 15.5. The van der Waals surface area contributed by atoms with Gasteiger partial charge < -0.3 is 10.1 Å². The van der Waals surface area contributed by atoms with Crippen LogP contribution in [-0.2, 0) is 16.4 Å². The molecule has 0 unspecified atom stereocenters. The molecular formula is C25H25Cl2NO4S. The number of carbonyl (C=O) groups is 1. The smallest absolute Gasteiger partial charge is 0.251 e. The van der Waals surface area contributed by atoms with Crippen LogP contribution >= 0.6 is 23.2 Å². The molecule has 0 atom stereocenters. The fraction of sp³-hybridized carbons (Fsp3) is 0.240. The van der Waals surface area contributed by atoms with E-state index in [4.69, 9.17) is 27.9 Å². The summed E-state index contributed by atoms with van der Waals surface area (Å²) in [5.74, 6) is 0.928. The molecule has 0 spiro atoms. The second-order valence-electron chi connectivity index (χ2n) is 8.10. The number of benzene rings is 3. The van der Waals surface area contributed by atoms with Crippen LogP contribution in [0.5, 0.6) is 11.5 Å². The SMILES string of the molecule is Cc1ccc(Oc2c(Cl)ccc(CNC(=O)c3ccc(S(C)(=O)=O)cc3)c2Cl)cc1C(C)C. The zero-order valence-corrected chi connectivity index (χ0v) is 21.1. The molecule has 3 aromatic carbocycles. The highest BCUT2D eigenvalue weighted by molar-refractivity contribution is 7.90. The van der Waals surface area contributed by atoms with Crippen LogP contribution in [0.25, 0.3) is 0 Å². The summed E-state index contributed by atoms with van der Waals surface area (Å²) in [5.41, 5.74) is 3.32. The van der Waals surface area contributed by atoms with Gasteiger partial charge in [0.1, 0.15) is 5.75 Å². The van der Waals surface area contributed by atoms with Gasteiger partial charge in [-0.15, -0.1) is 0 Å². The number of hydrogen-bond donors (Lipinski definition) is 1. The normalized spacial score (nSPS) is 11.5. The van der Waals surface area contributed by atoms with Gasteiger partial charge in [0.05, 0.1) is 14.9 Å². The van der Waals surface area contributed by atoms with E-state index in [9.17, 15) is 13.2 Å². The molecule has 5 nitrogen and oxygen atoms in total. The Labute approximate surface area is 204 Å². The lowest BCUT2D eigenvalue weighted by Gasteiger charge is -2.16. The molecule has 0 saturated heterocycles. The Morgan fingerprint density at radius 3 is 2.30 bits per heavy atom. The summed E-state index contributed by atoms with van der Waals surface area (Å²) in [4.78, 5) is 12.7. The van der Waals surface area contributed by atoms with Crippen molar-refractivity contribution in [2.45, 2.75) is 38.1 Å². The predicted octanol–water partition coefficient (Wildman–Crippen LogP) is 6.55. The zero-order valence-electron chi connectivity index (χ0n) is 18.8. The van der Waals surface area contributed by atoms with Gasteiger partial charge in [-0.25, -0.2) is 8.42 Å². The van der Waals surface area contributed by atoms with E-state index in [0.29, 0.717) is 38.6 Å². The van der Waals surface area contributed by atoms with E-state index in [0.717, 1.165) is 6.26 Å². The van der Waals surface area contributed by atoms with Gasteiger partial charge in [-0.05, 0) is 72.0 Å². The Bertz CT molecular complexity index is 1290. The summed E-state index contributed by atoms with van der Waals surface area (Å²) in [7, 11) is -3.33. The molecule has 3 aromatic rings. The van der Waals surface area contributed by atoms with Crippen LogP contribution in [0.15, 0.2) is 59.5 Å². The molecule has 8 heteroatoms. The minimum absolute atomic E-state index is 0.143. The quantitative estimate of drug-likeness (QED) is 0.394. The maximum Gasteiger partial charge on any atom is 0.251 e. The van der Waals surface area contributed by atoms with Crippen LogP contribution in [0, 0.1) is 6.92 Å². The Balaban J connectivity index is 1.77. The van der Waals surface area contributed by atoms with Gasteiger partial charge >= 0.3 is 0 Å². The molecule has 0 aliphatic rings. The molecule has 0 aliphatic heterocycles. The number of sulfone groups is 1. The third-order valence-corrected chi connectivity index (χ3v) is 7.05. The number of halogens is 2. The van der Waals surface area contributed by atoms with Gasteiger partial charge in [0.25, 0.3) is 5.91 Å². The third kappa shape index (κ3) is 6.08. The fourth-order valence-electron chi connectivity index (χ4n) is 3.36. The van der Waals surface area contributed by atoms with Crippen LogP contribution in [0.4, 0.5) is 0 Å². The van der Waals surface area contributed by atoms with Crippen molar-refractivity contribution in [1.29, 1.82) is 0 Å². The molecule has 3 rings (SSSR count). The zero-order chi connectivity index (χ0) is 24.3. The van der Waals surface area contributed by atoms with Gasteiger partial charge in [-0.1, -0.05) is 49.2 Å². The third-order valence-electron chi connectivity index (χ3n) is 5.21. The first-order valence-corrected chi connectivity index (χ1v) is 13.0. The number of ether oxygens (including phenoxy) is 1. The summed E-state index contributed by atoms with van der Waals surface area (Å²) in [5, 5.41) is 3.45. The number of aryl methyl sites for hydroxylation is 1. The molecule has 33 heavy (non-hydrogen) atoms. The van der Waals surface area contributed by atoms with Gasteiger partial charge in [0.2, 0.25) is 0 Å². The van der Waals surface area contributed by atoms with Crippen molar-refractivity contribution in [3.63, 3.8) is 0 Å². The van der Waals surface area contributed by atoms with Crippen molar-refractivity contribution in [3.8, 4) is 11.5 Å². The predicted molar refractivity (Wildman–Crippen MR) is 133 cm³/mol. The van der Waals surface area contributed by atoms with Crippen LogP contribution in [0.1, 0.15) is 46.8 Å². The molecule has 0 aliphatic carbocycles. The topological polar surface area (TPSA) is 72.5 Å².